The van der Waals surface area contributed by atoms with Gasteiger partial charge in [-0.15, -0.1) is 0 Å². The van der Waals surface area contributed by atoms with Crippen molar-refractivity contribution in [3.05, 3.63) is 53.6 Å². The second kappa shape index (κ2) is 6.65. The molecular weight excluding hydrogens is 408 g/mol. The number of carbonyl (C=O) groups excluding carboxylic acids is 1. The molecule has 6 rings (SSSR count). The van der Waals surface area contributed by atoms with Crippen LogP contribution in [0.1, 0.15) is 53.9 Å². The second-order valence-corrected chi connectivity index (χ2v) is 9.57. The van der Waals surface area contributed by atoms with Crippen molar-refractivity contribution >= 4 is 23.0 Å². The van der Waals surface area contributed by atoms with Gasteiger partial charge in [-0.2, -0.15) is 0 Å². The van der Waals surface area contributed by atoms with Crippen LogP contribution in [-0.4, -0.2) is 50.7 Å². The number of fused-ring (bicyclic) bond motifs is 1. The Kier molecular flexibility index (Phi) is 4.05. The van der Waals surface area contributed by atoms with Crippen molar-refractivity contribution in [1.29, 1.82) is 0 Å². The van der Waals surface area contributed by atoms with Crippen molar-refractivity contribution in [2.45, 2.75) is 43.6 Å². The molecule has 2 N–H and O–H groups in total. The Labute approximate surface area is 184 Å². The summed E-state index contributed by atoms with van der Waals surface area (Å²) in [5.41, 5.74) is 2.62. The monoisotopic (exact) mass is 432 g/mol. The second-order valence-electron chi connectivity index (χ2n) is 9.57. The van der Waals surface area contributed by atoms with Crippen molar-refractivity contribution < 1.29 is 24.2 Å². The molecular formula is C25H24N2O5. The first-order chi connectivity index (χ1) is 15.4. The van der Waals surface area contributed by atoms with Crippen LogP contribution < -0.4 is 0 Å². The minimum absolute atomic E-state index is 0.0808. The van der Waals surface area contributed by atoms with E-state index >= 15 is 0 Å². The van der Waals surface area contributed by atoms with Crippen molar-refractivity contribution in [2.75, 3.05) is 13.1 Å². The predicted octanol–water partition coefficient (Wildman–Crippen LogP) is 3.81. The highest BCUT2D eigenvalue weighted by molar-refractivity contribution is 5.92. The molecule has 1 atom stereocenters. The molecule has 1 aromatic heterocycles. The van der Waals surface area contributed by atoms with Gasteiger partial charge in [0, 0.05) is 18.7 Å². The number of benzene rings is 2. The maximum Gasteiger partial charge on any atom is 0.335 e. The molecule has 1 aliphatic heterocycles. The largest absolute Gasteiger partial charge is 0.478 e. The number of likely N-dealkylation sites (tertiary alicyclic amines) is 1. The summed E-state index contributed by atoms with van der Waals surface area (Å²) in [6.45, 7) is 1.47. The first-order valence-electron chi connectivity index (χ1n) is 11.1. The lowest BCUT2D eigenvalue weighted by Gasteiger charge is -2.34. The summed E-state index contributed by atoms with van der Waals surface area (Å²) in [4.78, 5) is 29.9. The minimum atomic E-state index is -1.07. The molecule has 7 nitrogen and oxygen atoms in total. The quantitative estimate of drug-likeness (QED) is 0.650. The van der Waals surface area contributed by atoms with Crippen LogP contribution in [0.5, 0.6) is 0 Å². The molecule has 2 heterocycles. The minimum Gasteiger partial charge on any atom is -0.478 e. The van der Waals surface area contributed by atoms with E-state index in [0.717, 1.165) is 37.9 Å². The van der Waals surface area contributed by atoms with E-state index in [1.54, 1.807) is 6.07 Å². The number of carboxylic acid groups (broad SMARTS) is 1. The molecule has 1 spiro atoms. The summed E-state index contributed by atoms with van der Waals surface area (Å²) in [6.07, 6.45) is 4.31. The average Bonchev–Trinajstić information content (AvgIpc) is 3.67. The van der Waals surface area contributed by atoms with Crippen LogP contribution in [0.15, 0.2) is 46.9 Å². The Bertz CT molecular complexity index is 1230. The van der Waals surface area contributed by atoms with Crippen LogP contribution in [0, 0.1) is 5.41 Å². The summed E-state index contributed by atoms with van der Waals surface area (Å²) in [5.74, 6) is -0.0992. The zero-order valence-corrected chi connectivity index (χ0v) is 17.6. The lowest BCUT2D eigenvalue weighted by molar-refractivity contribution is -0.144. The van der Waals surface area contributed by atoms with Gasteiger partial charge in [-0.05, 0) is 79.3 Å². The number of piperidine rings is 1. The molecule has 3 fully saturated rings. The summed E-state index contributed by atoms with van der Waals surface area (Å²) >= 11 is 0. The third-order valence-electron chi connectivity index (χ3n) is 7.55. The number of oxazole rings is 1. The number of aliphatic hydroxyl groups is 1. The summed E-state index contributed by atoms with van der Waals surface area (Å²) in [5, 5.41) is 19.2. The highest BCUT2D eigenvalue weighted by atomic mass is 16.4. The first kappa shape index (κ1) is 19.5. The van der Waals surface area contributed by atoms with Gasteiger partial charge in [-0.1, -0.05) is 12.1 Å². The van der Waals surface area contributed by atoms with E-state index in [-0.39, 0.29) is 16.9 Å². The Morgan fingerprint density at radius 1 is 1.03 bits per heavy atom. The summed E-state index contributed by atoms with van der Waals surface area (Å²) < 4.78 is 5.81. The third-order valence-corrected chi connectivity index (χ3v) is 7.55. The Morgan fingerprint density at radius 3 is 2.41 bits per heavy atom. The van der Waals surface area contributed by atoms with Gasteiger partial charge in [0.05, 0.1) is 5.56 Å². The maximum absolute atomic E-state index is 12.4. The van der Waals surface area contributed by atoms with Crippen molar-refractivity contribution in [3.8, 4) is 11.5 Å². The van der Waals surface area contributed by atoms with Crippen LogP contribution in [0.3, 0.4) is 0 Å². The van der Waals surface area contributed by atoms with Gasteiger partial charge in [0.15, 0.2) is 5.58 Å². The Hall–Kier alpha value is -3.19. The van der Waals surface area contributed by atoms with Crippen molar-refractivity contribution in [3.63, 3.8) is 0 Å². The van der Waals surface area contributed by atoms with E-state index < -0.39 is 11.6 Å². The number of aromatic carboxylic acids is 1. The molecule has 0 bridgehead atoms. The molecule has 0 radical (unpaired) electrons. The molecule has 2 aliphatic carbocycles. The van der Waals surface area contributed by atoms with Crippen LogP contribution >= 0.6 is 0 Å². The molecule has 164 valence electrons. The zero-order valence-electron chi connectivity index (χ0n) is 17.6. The fourth-order valence-electron chi connectivity index (χ4n) is 5.19. The average molecular weight is 432 g/mol. The van der Waals surface area contributed by atoms with Crippen LogP contribution in [0.25, 0.3) is 22.6 Å². The van der Waals surface area contributed by atoms with Gasteiger partial charge in [0.1, 0.15) is 11.1 Å². The fraction of sp³-hybridized carbons (Fsp3) is 0.400. The van der Waals surface area contributed by atoms with Crippen LogP contribution in [0.4, 0.5) is 0 Å². The number of rotatable bonds is 4. The Balaban J connectivity index is 1.15. The molecule has 7 heteroatoms. The highest BCUT2D eigenvalue weighted by Crippen LogP contribution is 2.65. The summed E-state index contributed by atoms with van der Waals surface area (Å²) in [7, 11) is 0. The van der Waals surface area contributed by atoms with E-state index in [1.807, 2.05) is 17.0 Å². The molecule has 0 unspecified atom stereocenters. The number of carbonyl (C=O) groups is 2. The summed E-state index contributed by atoms with van der Waals surface area (Å²) in [6, 6.07) is 12.9. The number of nitrogens with zero attached hydrogens (tertiary/aromatic N) is 2. The lowest BCUT2D eigenvalue weighted by Crippen LogP contribution is -2.45. The molecule has 3 aliphatic rings. The number of hydrogen-bond acceptors (Lipinski definition) is 5. The van der Waals surface area contributed by atoms with Gasteiger partial charge < -0.3 is 19.5 Å². The van der Waals surface area contributed by atoms with Gasteiger partial charge in [-0.25, -0.2) is 9.78 Å². The number of carboxylic acids is 1. The first-order valence-corrected chi connectivity index (χ1v) is 11.1. The lowest BCUT2D eigenvalue weighted by atomic mass is 9.88. The maximum atomic E-state index is 12.4. The topological polar surface area (TPSA) is 104 Å². The van der Waals surface area contributed by atoms with Gasteiger partial charge in [0.25, 0.3) is 5.91 Å². The van der Waals surface area contributed by atoms with Gasteiger partial charge >= 0.3 is 5.97 Å². The predicted molar refractivity (Wildman–Crippen MR) is 116 cm³/mol. The molecule has 3 aromatic rings. The smallest absolute Gasteiger partial charge is 0.335 e. The molecule has 1 saturated heterocycles. The molecule has 1 amide bonds. The van der Waals surface area contributed by atoms with E-state index in [0.29, 0.717) is 35.7 Å². The van der Waals surface area contributed by atoms with Crippen LogP contribution in [0.2, 0.25) is 0 Å². The standard InChI is InChI=1S/C25H24N2O5/c28-22(29)17-5-6-19-20(13-17)32-21(26-19)16-3-1-15(2-4-16)18-14-24(18)9-11-27(12-10-24)23(30)25(31)7-8-25/h1-6,13,18,31H,7-12,14H2,(H,28,29)/t18-/m1/s1. The number of aromatic nitrogens is 1. The molecule has 2 saturated carbocycles. The van der Waals surface area contributed by atoms with E-state index in [1.165, 1.54) is 17.7 Å². The highest BCUT2D eigenvalue weighted by Gasteiger charge is 2.57. The number of amides is 1. The van der Waals surface area contributed by atoms with Gasteiger partial charge in [-0.3, -0.25) is 4.79 Å². The Morgan fingerprint density at radius 2 is 1.75 bits per heavy atom. The van der Waals surface area contributed by atoms with Gasteiger partial charge in [0.2, 0.25) is 5.89 Å². The number of hydrogen-bond donors (Lipinski definition) is 2. The van der Waals surface area contributed by atoms with Crippen LogP contribution in [-0.2, 0) is 4.79 Å². The van der Waals surface area contributed by atoms with E-state index in [2.05, 4.69) is 17.1 Å². The van der Waals surface area contributed by atoms with Crippen molar-refractivity contribution in [2.24, 2.45) is 5.41 Å². The van der Waals surface area contributed by atoms with Crippen molar-refractivity contribution in [1.82, 2.24) is 9.88 Å². The SMILES string of the molecule is O=C(O)c1ccc2nc(-c3ccc([C@H]4CC45CCN(C(=O)C4(O)CC4)CC5)cc3)oc2c1. The zero-order chi connectivity index (χ0) is 22.1. The fourth-order valence-corrected chi connectivity index (χ4v) is 5.19. The van der Waals surface area contributed by atoms with E-state index in [9.17, 15) is 14.7 Å². The normalized spacial score (nSPS) is 22.8. The third kappa shape index (κ3) is 3.11. The van der Waals surface area contributed by atoms with E-state index in [4.69, 9.17) is 9.52 Å². The molecule has 32 heavy (non-hydrogen) atoms. The molecule has 2 aromatic carbocycles.